The highest BCUT2D eigenvalue weighted by molar-refractivity contribution is 6.32. The standard InChI is InChI=1S/C13H15ClN2O4/c14-9-6-8(7-10-12(9)20-5-4-19-10)13(18)16-3-1-2-11(15)17/h6-7H,1-5H2,(H2,15,17)(H,16,18). The van der Waals surface area contributed by atoms with Crippen molar-refractivity contribution in [1.82, 2.24) is 5.32 Å². The predicted octanol–water partition coefficient (Wildman–Crippen LogP) is 1.11. The van der Waals surface area contributed by atoms with Crippen LogP contribution in [0, 0.1) is 0 Å². The van der Waals surface area contributed by atoms with E-state index < -0.39 is 0 Å². The molecule has 0 saturated heterocycles. The van der Waals surface area contributed by atoms with E-state index in [1.807, 2.05) is 0 Å². The first-order valence-electron chi connectivity index (χ1n) is 6.23. The summed E-state index contributed by atoms with van der Waals surface area (Å²) >= 11 is 6.05. The fourth-order valence-corrected chi connectivity index (χ4v) is 2.07. The van der Waals surface area contributed by atoms with E-state index in [0.29, 0.717) is 48.3 Å². The van der Waals surface area contributed by atoms with Crippen LogP contribution in [-0.4, -0.2) is 31.6 Å². The quantitative estimate of drug-likeness (QED) is 0.797. The minimum absolute atomic E-state index is 0.238. The number of halogens is 1. The topological polar surface area (TPSA) is 90.7 Å². The van der Waals surface area contributed by atoms with Crippen LogP contribution >= 0.6 is 11.6 Å². The Bertz CT molecular complexity index is 533. The Hall–Kier alpha value is -1.95. The molecule has 0 saturated carbocycles. The zero-order chi connectivity index (χ0) is 14.5. The van der Waals surface area contributed by atoms with Gasteiger partial charge in [-0.05, 0) is 18.6 Å². The summed E-state index contributed by atoms with van der Waals surface area (Å²) in [5, 5.41) is 3.02. The van der Waals surface area contributed by atoms with Gasteiger partial charge in [0.25, 0.3) is 5.91 Å². The van der Waals surface area contributed by atoms with Crippen LogP contribution in [0.3, 0.4) is 0 Å². The first kappa shape index (κ1) is 14.5. The smallest absolute Gasteiger partial charge is 0.251 e. The summed E-state index contributed by atoms with van der Waals surface area (Å²) in [6.45, 7) is 1.23. The third-order valence-electron chi connectivity index (χ3n) is 2.74. The van der Waals surface area contributed by atoms with Crippen LogP contribution in [0.2, 0.25) is 5.02 Å². The third kappa shape index (κ3) is 3.54. The molecule has 0 aliphatic carbocycles. The van der Waals surface area contributed by atoms with Gasteiger partial charge in [-0.2, -0.15) is 0 Å². The summed E-state index contributed by atoms with van der Waals surface area (Å²) < 4.78 is 10.8. The summed E-state index contributed by atoms with van der Waals surface area (Å²) in [7, 11) is 0. The zero-order valence-electron chi connectivity index (χ0n) is 10.8. The Kier molecular flexibility index (Phi) is 4.68. The lowest BCUT2D eigenvalue weighted by molar-refractivity contribution is -0.118. The maximum atomic E-state index is 11.9. The molecule has 0 spiro atoms. The molecule has 6 nitrogen and oxygen atoms in total. The van der Waals surface area contributed by atoms with Crippen molar-refractivity contribution in [3.05, 3.63) is 22.7 Å². The van der Waals surface area contributed by atoms with E-state index in [1.165, 1.54) is 6.07 Å². The van der Waals surface area contributed by atoms with Gasteiger partial charge in [0.1, 0.15) is 13.2 Å². The molecular weight excluding hydrogens is 284 g/mol. The van der Waals surface area contributed by atoms with Gasteiger partial charge in [-0.1, -0.05) is 11.6 Å². The van der Waals surface area contributed by atoms with Gasteiger partial charge in [-0.3, -0.25) is 9.59 Å². The van der Waals surface area contributed by atoms with E-state index in [-0.39, 0.29) is 18.2 Å². The number of hydrogen-bond acceptors (Lipinski definition) is 4. The lowest BCUT2D eigenvalue weighted by Crippen LogP contribution is -2.26. The fraction of sp³-hybridized carbons (Fsp3) is 0.385. The first-order chi connectivity index (χ1) is 9.58. The van der Waals surface area contributed by atoms with Crippen LogP contribution in [-0.2, 0) is 4.79 Å². The molecule has 0 unspecified atom stereocenters. The van der Waals surface area contributed by atoms with E-state index in [0.717, 1.165) is 0 Å². The molecule has 2 amide bonds. The Morgan fingerprint density at radius 1 is 1.30 bits per heavy atom. The fourth-order valence-electron chi connectivity index (χ4n) is 1.81. The summed E-state index contributed by atoms with van der Waals surface area (Å²) in [6, 6.07) is 3.11. The van der Waals surface area contributed by atoms with E-state index in [1.54, 1.807) is 6.07 Å². The molecule has 0 atom stereocenters. The van der Waals surface area contributed by atoms with Crippen molar-refractivity contribution in [2.24, 2.45) is 5.73 Å². The number of ether oxygens (including phenoxy) is 2. The van der Waals surface area contributed by atoms with Crippen LogP contribution in [0.5, 0.6) is 11.5 Å². The van der Waals surface area contributed by atoms with E-state index in [4.69, 9.17) is 26.8 Å². The lowest BCUT2D eigenvalue weighted by atomic mass is 10.1. The number of amides is 2. The largest absolute Gasteiger partial charge is 0.486 e. The molecule has 20 heavy (non-hydrogen) atoms. The SMILES string of the molecule is NC(=O)CCCNC(=O)c1cc(Cl)c2c(c1)OCCO2. The summed E-state index contributed by atoms with van der Waals surface area (Å²) in [4.78, 5) is 22.5. The highest BCUT2D eigenvalue weighted by Crippen LogP contribution is 2.38. The van der Waals surface area contributed by atoms with Gasteiger partial charge in [-0.25, -0.2) is 0 Å². The lowest BCUT2D eigenvalue weighted by Gasteiger charge is -2.20. The van der Waals surface area contributed by atoms with Gasteiger partial charge >= 0.3 is 0 Å². The van der Waals surface area contributed by atoms with Gasteiger partial charge in [0.15, 0.2) is 11.5 Å². The summed E-state index contributed by atoms with van der Waals surface area (Å²) in [6.07, 6.45) is 0.738. The molecule has 1 aliphatic heterocycles. The molecule has 0 bridgehead atoms. The number of hydrogen-bond donors (Lipinski definition) is 2. The van der Waals surface area contributed by atoms with Gasteiger partial charge in [-0.15, -0.1) is 0 Å². The molecular formula is C13H15ClN2O4. The zero-order valence-corrected chi connectivity index (χ0v) is 11.5. The van der Waals surface area contributed by atoms with Crippen molar-refractivity contribution < 1.29 is 19.1 Å². The minimum atomic E-state index is -0.387. The van der Waals surface area contributed by atoms with Crippen molar-refractivity contribution >= 4 is 23.4 Å². The number of carbonyl (C=O) groups excluding carboxylic acids is 2. The average Bonchev–Trinajstić information content (AvgIpc) is 2.43. The maximum absolute atomic E-state index is 11.9. The molecule has 7 heteroatoms. The van der Waals surface area contributed by atoms with Gasteiger partial charge in [0.2, 0.25) is 5.91 Å². The molecule has 2 rings (SSSR count). The van der Waals surface area contributed by atoms with Crippen molar-refractivity contribution in [2.45, 2.75) is 12.8 Å². The summed E-state index contributed by atoms with van der Waals surface area (Å²) in [5.41, 5.74) is 5.40. The number of fused-ring (bicyclic) bond motifs is 1. The number of carbonyl (C=O) groups is 2. The number of nitrogens with one attached hydrogen (secondary N) is 1. The van der Waals surface area contributed by atoms with Crippen molar-refractivity contribution in [3.8, 4) is 11.5 Å². The van der Waals surface area contributed by atoms with E-state index in [9.17, 15) is 9.59 Å². The molecule has 3 N–H and O–H groups in total. The number of primary amides is 1. The Labute approximate surface area is 121 Å². The molecule has 0 aromatic heterocycles. The van der Waals surface area contributed by atoms with Gasteiger partial charge in [0.05, 0.1) is 5.02 Å². The van der Waals surface area contributed by atoms with Crippen LogP contribution in [0.15, 0.2) is 12.1 Å². The highest BCUT2D eigenvalue weighted by atomic mass is 35.5. The second kappa shape index (κ2) is 6.47. The van der Waals surface area contributed by atoms with Gasteiger partial charge < -0.3 is 20.5 Å². The van der Waals surface area contributed by atoms with Crippen LogP contribution in [0.1, 0.15) is 23.2 Å². The molecule has 1 aliphatic rings. The highest BCUT2D eigenvalue weighted by Gasteiger charge is 2.19. The number of nitrogens with two attached hydrogens (primary N) is 1. The minimum Gasteiger partial charge on any atom is -0.486 e. The Morgan fingerprint density at radius 2 is 2.05 bits per heavy atom. The van der Waals surface area contributed by atoms with Crippen molar-refractivity contribution in [3.63, 3.8) is 0 Å². The molecule has 1 aromatic carbocycles. The van der Waals surface area contributed by atoms with Gasteiger partial charge in [0, 0.05) is 18.5 Å². The molecule has 1 aromatic rings. The maximum Gasteiger partial charge on any atom is 0.251 e. The van der Waals surface area contributed by atoms with Crippen LogP contribution in [0.25, 0.3) is 0 Å². The molecule has 108 valence electrons. The normalized spacial score (nSPS) is 12.8. The molecule has 0 fully saturated rings. The first-order valence-corrected chi connectivity index (χ1v) is 6.61. The Balaban J connectivity index is 1.99. The predicted molar refractivity (Wildman–Crippen MR) is 73.2 cm³/mol. The average molecular weight is 299 g/mol. The monoisotopic (exact) mass is 298 g/mol. The third-order valence-corrected chi connectivity index (χ3v) is 3.03. The summed E-state index contributed by atoms with van der Waals surface area (Å²) in [5.74, 6) is 0.254. The van der Waals surface area contributed by atoms with Crippen molar-refractivity contribution in [1.29, 1.82) is 0 Å². The molecule has 1 heterocycles. The van der Waals surface area contributed by atoms with E-state index in [2.05, 4.69) is 5.32 Å². The van der Waals surface area contributed by atoms with Crippen LogP contribution in [0.4, 0.5) is 0 Å². The second-order valence-electron chi connectivity index (χ2n) is 4.31. The number of benzene rings is 1. The Morgan fingerprint density at radius 3 is 2.80 bits per heavy atom. The van der Waals surface area contributed by atoms with E-state index >= 15 is 0 Å². The van der Waals surface area contributed by atoms with Crippen LogP contribution < -0.4 is 20.5 Å². The van der Waals surface area contributed by atoms with Crippen molar-refractivity contribution in [2.75, 3.05) is 19.8 Å². The second-order valence-corrected chi connectivity index (χ2v) is 4.72. The number of rotatable bonds is 5. The molecule has 0 radical (unpaired) electrons.